The Kier molecular flexibility index (Phi) is 7.25. The van der Waals surface area contributed by atoms with Crippen molar-refractivity contribution in [1.29, 1.82) is 0 Å². The molecule has 0 aliphatic heterocycles. The normalized spacial score (nSPS) is 11.1. The average Bonchev–Trinajstić information content (AvgIpc) is 3.32. The van der Waals surface area contributed by atoms with Gasteiger partial charge in [-0.25, -0.2) is 4.98 Å². The number of H-pyrrole nitrogens is 1. The molecule has 3 rings (SSSR count). The van der Waals surface area contributed by atoms with Crippen LogP contribution in [0, 0.1) is 0 Å². The molecule has 24 heavy (non-hydrogen) atoms. The molecule has 0 aromatic carbocycles. The van der Waals surface area contributed by atoms with Crippen LogP contribution in [-0.2, 0) is 13.0 Å². The molecular weight excluding hydrogens is 439 g/mol. The van der Waals surface area contributed by atoms with Crippen molar-refractivity contribution >= 4 is 41.3 Å². The highest BCUT2D eigenvalue weighted by Crippen LogP contribution is 2.14. The summed E-state index contributed by atoms with van der Waals surface area (Å²) in [6.45, 7) is 1.46. The van der Waals surface area contributed by atoms with Crippen LogP contribution in [-0.4, -0.2) is 34.7 Å². The third kappa shape index (κ3) is 5.06. The summed E-state index contributed by atoms with van der Waals surface area (Å²) in [5, 5.41) is 17.8. The molecule has 3 aromatic rings. The number of rotatable bonds is 6. The molecule has 128 valence electrons. The molecule has 0 bridgehead atoms. The highest BCUT2D eigenvalue weighted by Gasteiger charge is 2.08. The molecule has 0 saturated heterocycles. The minimum atomic E-state index is 0. The van der Waals surface area contributed by atoms with E-state index in [1.165, 1.54) is 5.56 Å². The summed E-state index contributed by atoms with van der Waals surface area (Å²) in [5.74, 6) is 2.80. The van der Waals surface area contributed by atoms with Gasteiger partial charge in [0.1, 0.15) is 5.82 Å². The second-order valence-electron chi connectivity index (χ2n) is 4.82. The van der Waals surface area contributed by atoms with E-state index in [9.17, 15) is 0 Å². The fourth-order valence-electron chi connectivity index (χ4n) is 2.02. The van der Waals surface area contributed by atoms with Gasteiger partial charge in [0, 0.05) is 26.6 Å². The zero-order chi connectivity index (χ0) is 15.9. The van der Waals surface area contributed by atoms with Gasteiger partial charge >= 0.3 is 0 Å². The Hall–Kier alpha value is -1.88. The smallest absolute Gasteiger partial charge is 0.216 e. The number of halogens is 1. The zero-order valence-corrected chi connectivity index (χ0v) is 16.3. The number of nitrogens with zero attached hydrogens (tertiary/aromatic N) is 3. The molecule has 9 heteroatoms. The lowest BCUT2D eigenvalue weighted by Crippen LogP contribution is -2.37. The first-order valence-corrected chi connectivity index (χ1v) is 8.20. The van der Waals surface area contributed by atoms with Crippen LogP contribution in [0.5, 0.6) is 0 Å². The lowest BCUT2D eigenvalue weighted by molar-refractivity contribution is 0.577. The lowest BCUT2D eigenvalue weighted by Gasteiger charge is -2.10. The molecule has 0 radical (unpaired) electrons. The number of thiophene rings is 1. The summed E-state index contributed by atoms with van der Waals surface area (Å²) in [6.07, 6.45) is 2.32. The van der Waals surface area contributed by atoms with E-state index in [0.29, 0.717) is 24.6 Å². The van der Waals surface area contributed by atoms with E-state index in [1.54, 1.807) is 24.6 Å². The fraction of sp³-hybridized carbons (Fsp3) is 0.267. The van der Waals surface area contributed by atoms with Gasteiger partial charge in [0.25, 0.3) is 0 Å². The molecule has 0 atom stereocenters. The summed E-state index contributed by atoms with van der Waals surface area (Å²) in [4.78, 5) is 8.60. The molecule has 3 aromatic heterocycles. The van der Waals surface area contributed by atoms with Crippen LogP contribution in [0.2, 0.25) is 0 Å². The quantitative estimate of drug-likeness (QED) is 0.300. The first kappa shape index (κ1) is 18.5. The zero-order valence-electron chi connectivity index (χ0n) is 13.2. The maximum absolute atomic E-state index is 5.27. The molecule has 0 aliphatic carbocycles. The van der Waals surface area contributed by atoms with E-state index >= 15 is 0 Å². The molecule has 0 fully saturated rings. The van der Waals surface area contributed by atoms with Crippen LogP contribution in [0.4, 0.5) is 0 Å². The number of nitrogens with one attached hydrogen (secondary N) is 3. The molecule has 0 saturated carbocycles. The summed E-state index contributed by atoms with van der Waals surface area (Å²) >= 11 is 1.69. The largest absolute Gasteiger partial charge is 0.461 e. The van der Waals surface area contributed by atoms with E-state index in [-0.39, 0.29) is 24.0 Å². The van der Waals surface area contributed by atoms with E-state index in [2.05, 4.69) is 47.6 Å². The SMILES string of the molecule is CN=C(NCCc1nc(-c2ccco2)n[nH]1)NCc1ccsc1.I. The molecular formula is C15H19IN6OS. The van der Waals surface area contributed by atoms with Crippen LogP contribution < -0.4 is 10.6 Å². The van der Waals surface area contributed by atoms with Gasteiger partial charge in [0.05, 0.1) is 6.26 Å². The average molecular weight is 458 g/mol. The van der Waals surface area contributed by atoms with Crippen LogP contribution in [0.3, 0.4) is 0 Å². The predicted octanol–water partition coefficient (Wildman–Crippen LogP) is 2.65. The van der Waals surface area contributed by atoms with Crippen molar-refractivity contribution in [2.45, 2.75) is 13.0 Å². The van der Waals surface area contributed by atoms with Crippen LogP contribution in [0.1, 0.15) is 11.4 Å². The van der Waals surface area contributed by atoms with E-state index in [0.717, 1.165) is 18.3 Å². The van der Waals surface area contributed by atoms with E-state index < -0.39 is 0 Å². The van der Waals surface area contributed by atoms with Gasteiger partial charge in [-0.2, -0.15) is 16.4 Å². The molecule has 3 heterocycles. The second kappa shape index (κ2) is 9.42. The van der Waals surface area contributed by atoms with Crippen LogP contribution >= 0.6 is 35.3 Å². The molecule has 0 spiro atoms. The van der Waals surface area contributed by atoms with Gasteiger partial charge in [0.15, 0.2) is 11.7 Å². The standard InChI is InChI=1S/C15H18N6OS.HI/c1-16-15(18-9-11-5-8-23-10-11)17-6-4-13-19-14(21-20-13)12-3-2-7-22-12;/h2-3,5,7-8,10H,4,6,9H2,1H3,(H2,16,17,18)(H,19,20,21);1H. The minimum absolute atomic E-state index is 0. The molecule has 3 N–H and O–H groups in total. The Bertz CT molecular complexity index is 738. The number of aromatic amines is 1. The van der Waals surface area contributed by atoms with Crippen molar-refractivity contribution in [3.05, 3.63) is 46.6 Å². The number of hydrogen-bond donors (Lipinski definition) is 3. The number of hydrogen-bond acceptors (Lipinski definition) is 5. The number of guanidine groups is 1. The van der Waals surface area contributed by atoms with Crippen molar-refractivity contribution in [3.8, 4) is 11.6 Å². The van der Waals surface area contributed by atoms with Gasteiger partial charge in [-0.05, 0) is 34.5 Å². The lowest BCUT2D eigenvalue weighted by atomic mass is 10.3. The van der Waals surface area contributed by atoms with Crippen molar-refractivity contribution in [2.75, 3.05) is 13.6 Å². The number of furan rings is 1. The Labute approximate surface area is 161 Å². The highest BCUT2D eigenvalue weighted by atomic mass is 127. The van der Waals surface area contributed by atoms with Gasteiger partial charge in [0.2, 0.25) is 5.82 Å². The van der Waals surface area contributed by atoms with Gasteiger partial charge in [-0.1, -0.05) is 0 Å². The fourth-order valence-corrected chi connectivity index (χ4v) is 2.69. The first-order valence-electron chi connectivity index (χ1n) is 7.26. The molecule has 0 unspecified atom stereocenters. The van der Waals surface area contributed by atoms with Crippen molar-refractivity contribution < 1.29 is 4.42 Å². The Morgan fingerprint density at radius 1 is 1.38 bits per heavy atom. The maximum Gasteiger partial charge on any atom is 0.216 e. The minimum Gasteiger partial charge on any atom is -0.461 e. The van der Waals surface area contributed by atoms with Crippen molar-refractivity contribution in [2.24, 2.45) is 4.99 Å². The Morgan fingerprint density at radius 2 is 2.29 bits per heavy atom. The van der Waals surface area contributed by atoms with E-state index in [4.69, 9.17) is 4.42 Å². The highest BCUT2D eigenvalue weighted by molar-refractivity contribution is 14.0. The Balaban J connectivity index is 0.00000208. The van der Waals surface area contributed by atoms with E-state index in [1.807, 2.05) is 12.1 Å². The maximum atomic E-state index is 5.27. The summed E-state index contributed by atoms with van der Waals surface area (Å²) in [5.41, 5.74) is 1.25. The van der Waals surface area contributed by atoms with Crippen molar-refractivity contribution in [1.82, 2.24) is 25.8 Å². The Morgan fingerprint density at radius 3 is 3.00 bits per heavy atom. The topological polar surface area (TPSA) is 91.1 Å². The summed E-state index contributed by atoms with van der Waals surface area (Å²) in [7, 11) is 1.76. The molecule has 7 nitrogen and oxygen atoms in total. The second-order valence-corrected chi connectivity index (χ2v) is 5.60. The van der Waals surface area contributed by atoms with Gasteiger partial charge in [-0.15, -0.1) is 24.0 Å². The number of aromatic nitrogens is 3. The van der Waals surface area contributed by atoms with Gasteiger partial charge in [-0.3, -0.25) is 10.1 Å². The van der Waals surface area contributed by atoms with Gasteiger partial charge < -0.3 is 15.1 Å². The molecule has 0 amide bonds. The third-order valence-electron chi connectivity index (χ3n) is 3.19. The summed E-state index contributed by atoms with van der Waals surface area (Å²) < 4.78 is 5.27. The van der Waals surface area contributed by atoms with Crippen LogP contribution in [0.15, 0.2) is 44.6 Å². The molecule has 0 aliphatic rings. The third-order valence-corrected chi connectivity index (χ3v) is 3.92. The predicted molar refractivity (Wildman–Crippen MR) is 106 cm³/mol. The van der Waals surface area contributed by atoms with Crippen molar-refractivity contribution in [3.63, 3.8) is 0 Å². The number of aliphatic imine (C=N–C) groups is 1. The van der Waals surface area contributed by atoms with Crippen LogP contribution in [0.25, 0.3) is 11.6 Å². The summed E-state index contributed by atoms with van der Waals surface area (Å²) in [6, 6.07) is 5.74. The first-order chi connectivity index (χ1) is 11.3. The monoisotopic (exact) mass is 458 g/mol.